The van der Waals surface area contributed by atoms with Crippen LogP contribution < -0.4 is 10.1 Å². The van der Waals surface area contributed by atoms with E-state index in [1.807, 2.05) is 42.5 Å². The second-order valence-electron chi connectivity index (χ2n) is 5.80. The van der Waals surface area contributed by atoms with Gasteiger partial charge < -0.3 is 14.8 Å². The summed E-state index contributed by atoms with van der Waals surface area (Å²) < 4.78 is 12.3. The molecule has 0 aliphatic carbocycles. The van der Waals surface area contributed by atoms with Gasteiger partial charge in [0.05, 0.1) is 18.2 Å². The van der Waals surface area contributed by atoms with Crippen molar-refractivity contribution in [2.24, 2.45) is 0 Å². The molecule has 126 valence electrons. The largest absolute Gasteiger partial charge is 0.488 e. The second-order valence-corrected chi connectivity index (χ2v) is 6.72. The third kappa shape index (κ3) is 4.58. The third-order valence-corrected chi connectivity index (χ3v) is 4.40. The van der Waals surface area contributed by atoms with Gasteiger partial charge in [0.15, 0.2) is 0 Å². The van der Waals surface area contributed by atoms with Gasteiger partial charge in [-0.25, -0.2) is 0 Å². The Morgan fingerprint density at radius 2 is 2.12 bits per heavy atom. The van der Waals surface area contributed by atoms with E-state index in [9.17, 15) is 4.79 Å². The first-order valence-corrected chi connectivity index (χ1v) is 8.86. The van der Waals surface area contributed by atoms with Crippen LogP contribution in [0.15, 0.2) is 53.0 Å². The summed E-state index contributed by atoms with van der Waals surface area (Å²) in [6, 6.07) is 15.3. The van der Waals surface area contributed by atoms with E-state index in [2.05, 4.69) is 21.2 Å². The molecule has 1 amide bonds. The van der Waals surface area contributed by atoms with Crippen molar-refractivity contribution in [2.75, 3.05) is 13.2 Å². The predicted molar refractivity (Wildman–Crippen MR) is 96.2 cm³/mol. The molecule has 2 aromatic carbocycles. The fourth-order valence-electron chi connectivity index (χ4n) is 2.69. The highest BCUT2D eigenvalue weighted by Gasteiger charge is 2.19. The van der Waals surface area contributed by atoms with Gasteiger partial charge in [-0.05, 0) is 42.7 Å². The summed E-state index contributed by atoms with van der Waals surface area (Å²) in [4.78, 5) is 12.5. The standard InChI is InChI=1S/C19H20BrNO3/c20-15-6-3-5-14(11-15)12-24-18-9-2-1-8-17(18)19(22)21-16-7-4-10-23-13-16/h1-3,5-6,8-9,11,16H,4,7,10,12-13H2,(H,21,22). The topological polar surface area (TPSA) is 47.6 Å². The maximum atomic E-state index is 12.5. The van der Waals surface area contributed by atoms with Gasteiger partial charge in [0.2, 0.25) is 0 Å². The van der Waals surface area contributed by atoms with Gasteiger partial charge in [-0.2, -0.15) is 0 Å². The smallest absolute Gasteiger partial charge is 0.255 e. The Morgan fingerprint density at radius 1 is 1.25 bits per heavy atom. The zero-order valence-corrected chi connectivity index (χ0v) is 14.9. The number of carbonyl (C=O) groups excluding carboxylic acids is 1. The molecule has 24 heavy (non-hydrogen) atoms. The molecular weight excluding hydrogens is 370 g/mol. The molecule has 2 aromatic rings. The summed E-state index contributed by atoms with van der Waals surface area (Å²) in [5, 5.41) is 3.03. The molecule has 1 fully saturated rings. The van der Waals surface area contributed by atoms with E-state index >= 15 is 0 Å². The number of hydrogen-bond donors (Lipinski definition) is 1. The molecule has 1 heterocycles. The van der Waals surface area contributed by atoms with E-state index in [0.717, 1.165) is 29.5 Å². The molecule has 1 aliphatic rings. The van der Waals surface area contributed by atoms with Crippen LogP contribution in [0.25, 0.3) is 0 Å². The van der Waals surface area contributed by atoms with Gasteiger partial charge >= 0.3 is 0 Å². The second kappa shape index (κ2) is 8.31. The van der Waals surface area contributed by atoms with E-state index in [1.165, 1.54) is 0 Å². The normalized spacial score (nSPS) is 17.3. The molecule has 4 nitrogen and oxygen atoms in total. The van der Waals surface area contributed by atoms with Crippen molar-refractivity contribution in [3.8, 4) is 5.75 Å². The van der Waals surface area contributed by atoms with E-state index in [0.29, 0.717) is 24.5 Å². The molecule has 1 unspecified atom stereocenters. The molecule has 3 rings (SSSR count). The molecule has 1 N–H and O–H groups in total. The average molecular weight is 390 g/mol. The zero-order chi connectivity index (χ0) is 16.8. The Morgan fingerprint density at radius 3 is 2.92 bits per heavy atom. The Labute approximate surface area is 150 Å². The van der Waals surface area contributed by atoms with E-state index in [4.69, 9.17) is 9.47 Å². The number of para-hydroxylation sites is 1. The predicted octanol–water partition coefficient (Wildman–Crippen LogP) is 3.94. The van der Waals surface area contributed by atoms with Gasteiger partial charge in [-0.15, -0.1) is 0 Å². The first-order valence-electron chi connectivity index (χ1n) is 8.07. The van der Waals surface area contributed by atoms with Crippen LogP contribution in [0.3, 0.4) is 0 Å². The van der Waals surface area contributed by atoms with Crippen LogP contribution >= 0.6 is 15.9 Å². The van der Waals surface area contributed by atoms with E-state index in [-0.39, 0.29) is 11.9 Å². The van der Waals surface area contributed by atoms with Crippen molar-refractivity contribution in [3.63, 3.8) is 0 Å². The fraction of sp³-hybridized carbons (Fsp3) is 0.316. The van der Waals surface area contributed by atoms with Crippen LogP contribution in [0.4, 0.5) is 0 Å². The molecule has 1 atom stereocenters. The van der Waals surface area contributed by atoms with Crippen molar-refractivity contribution < 1.29 is 14.3 Å². The minimum atomic E-state index is -0.115. The molecule has 5 heteroatoms. The lowest BCUT2D eigenvalue weighted by atomic mass is 10.1. The summed E-state index contributed by atoms with van der Waals surface area (Å²) in [5.41, 5.74) is 1.60. The molecular formula is C19H20BrNO3. The van der Waals surface area contributed by atoms with Gasteiger partial charge in [-0.1, -0.05) is 40.2 Å². The van der Waals surface area contributed by atoms with Crippen LogP contribution in [-0.4, -0.2) is 25.2 Å². The van der Waals surface area contributed by atoms with Crippen molar-refractivity contribution in [2.45, 2.75) is 25.5 Å². The molecule has 0 spiro atoms. The number of ether oxygens (including phenoxy) is 2. The van der Waals surface area contributed by atoms with Crippen LogP contribution in [-0.2, 0) is 11.3 Å². The Hall–Kier alpha value is -1.85. The van der Waals surface area contributed by atoms with Crippen molar-refractivity contribution >= 4 is 21.8 Å². The maximum absolute atomic E-state index is 12.5. The van der Waals surface area contributed by atoms with Crippen LogP contribution in [0, 0.1) is 0 Å². The number of benzene rings is 2. The van der Waals surface area contributed by atoms with Gasteiger partial charge in [-0.3, -0.25) is 4.79 Å². The number of carbonyl (C=O) groups is 1. The number of nitrogens with one attached hydrogen (secondary N) is 1. The van der Waals surface area contributed by atoms with Gasteiger partial charge in [0.25, 0.3) is 5.91 Å². The molecule has 1 aliphatic heterocycles. The Kier molecular flexibility index (Phi) is 5.88. The number of hydrogen-bond acceptors (Lipinski definition) is 3. The maximum Gasteiger partial charge on any atom is 0.255 e. The minimum Gasteiger partial charge on any atom is -0.488 e. The average Bonchev–Trinajstić information content (AvgIpc) is 2.61. The highest BCUT2D eigenvalue weighted by Crippen LogP contribution is 2.21. The number of amides is 1. The fourth-order valence-corrected chi connectivity index (χ4v) is 3.13. The van der Waals surface area contributed by atoms with Crippen LogP contribution in [0.1, 0.15) is 28.8 Å². The van der Waals surface area contributed by atoms with Crippen LogP contribution in [0.5, 0.6) is 5.75 Å². The van der Waals surface area contributed by atoms with Gasteiger partial charge in [0.1, 0.15) is 12.4 Å². The van der Waals surface area contributed by atoms with E-state index < -0.39 is 0 Å². The van der Waals surface area contributed by atoms with E-state index in [1.54, 1.807) is 6.07 Å². The monoisotopic (exact) mass is 389 g/mol. The molecule has 0 radical (unpaired) electrons. The van der Waals surface area contributed by atoms with Crippen molar-refractivity contribution in [3.05, 3.63) is 64.1 Å². The molecule has 0 saturated carbocycles. The lowest BCUT2D eigenvalue weighted by Gasteiger charge is -2.23. The first kappa shape index (κ1) is 17.0. The summed E-state index contributed by atoms with van der Waals surface area (Å²) in [6.45, 7) is 1.77. The molecule has 0 aromatic heterocycles. The van der Waals surface area contributed by atoms with Gasteiger partial charge in [0, 0.05) is 11.1 Å². The highest BCUT2D eigenvalue weighted by molar-refractivity contribution is 9.10. The lowest BCUT2D eigenvalue weighted by molar-refractivity contribution is 0.0622. The summed E-state index contributed by atoms with van der Waals surface area (Å²) in [7, 11) is 0. The third-order valence-electron chi connectivity index (χ3n) is 3.91. The zero-order valence-electron chi connectivity index (χ0n) is 13.3. The number of rotatable bonds is 5. The molecule has 1 saturated heterocycles. The summed E-state index contributed by atoms with van der Waals surface area (Å²) in [6.07, 6.45) is 1.93. The Bertz CT molecular complexity index is 699. The minimum absolute atomic E-state index is 0.0735. The SMILES string of the molecule is O=C(NC1CCCOC1)c1ccccc1OCc1cccc(Br)c1. The first-order chi connectivity index (χ1) is 11.7. The number of halogens is 1. The van der Waals surface area contributed by atoms with Crippen molar-refractivity contribution in [1.82, 2.24) is 5.32 Å². The Balaban J connectivity index is 1.66. The highest BCUT2D eigenvalue weighted by atomic mass is 79.9. The summed E-state index contributed by atoms with van der Waals surface area (Å²) >= 11 is 3.45. The summed E-state index contributed by atoms with van der Waals surface area (Å²) in [5.74, 6) is 0.474. The quantitative estimate of drug-likeness (QED) is 0.842. The van der Waals surface area contributed by atoms with Crippen LogP contribution in [0.2, 0.25) is 0 Å². The lowest BCUT2D eigenvalue weighted by Crippen LogP contribution is -2.40. The van der Waals surface area contributed by atoms with Crippen molar-refractivity contribution in [1.29, 1.82) is 0 Å². The molecule has 0 bridgehead atoms.